The van der Waals surface area contributed by atoms with E-state index in [2.05, 4.69) is 12.2 Å². The van der Waals surface area contributed by atoms with E-state index in [1.165, 1.54) is 18.9 Å². The number of ether oxygens (including phenoxy) is 1. The first-order chi connectivity index (χ1) is 9.10. The molecule has 1 aromatic rings. The van der Waals surface area contributed by atoms with Gasteiger partial charge in [0.25, 0.3) is 0 Å². The van der Waals surface area contributed by atoms with Crippen LogP contribution < -0.4 is 15.8 Å². The van der Waals surface area contributed by atoms with Crippen LogP contribution in [0.4, 0.5) is 15.8 Å². The van der Waals surface area contributed by atoms with Gasteiger partial charge in [0.2, 0.25) is 0 Å². The summed E-state index contributed by atoms with van der Waals surface area (Å²) in [6.45, 7) is 4.64. The molecule has 0 radical (unpaired) electrons. The van der Waals surface area contributed by atoms with Gasteiger partial charge < -0.3 is 15.8 Å². The first-order valence-electron chi connectivity index (χ1n) is 7.08. The molecule has 1 atom stereocenters. The van der Waals surface area contributed by atoms with Gasteiger partial charge in [0, 0.05) is 18.2 Å². The Balaban J connectivity index is 2.04. The predicted molar refractivity (Wildman–Crippen MR) is 77.0 cm³/mol. The fourth-order valence-corrected chi connectivity index (χ4v) is 2.19. The van der Waals surface area contributed by atoms with Crippen molar-refractivity contribution in [3.8, 4) is 5.75 Å². The van der Waals surface area contributed by atoms with Crippen LogP contribution in [0.2, 0.25) is 0 Å². The third-order valence-corrected chi connectivity index (χ3v) is 3.35. The number of hydrogen-bond acceptors (Lipinski definition) is 3. The highest BCUT2D eigenvalue weighted by atomic mass is 19.1. The van der Waals surface area contributed by atoms with Crippen molar-refractivity contribution in [3.05, 3.63) is 17.9 Å². The van der Waals surface area contributed by atoms with E-state index in [0.717, 1.165) is 24.4 Å². The number of rotatable bonds is 7. The van der Waals surface area contributed by atoms with Crippen molar-refractivity contribution in [2.24, 2.45) is 5.92 Å². The van der Waals surface area contributed by atoms with Crippen LogP contribution in [0.25, 0.3) is 0 Å². The van der Waals surface area contributed by atoms with Crippen LogP contribution in [0.3, 0.4) is 0 Å². The van der Waals surface area contributed by atoms with E-state index in [1.54, 1.807) is 6.07 Å². The van der Waals surface area contributed by atoms with Crippen molar-refractivity contribution in [1.29, 1.82) is 0 Å². The first-order valence-corrected chi connectivity index (χ1v) is 7.08. The fraction of sp³-hybridized carbons (Fsp3) is 0.600. The summed E-state index contributed by atoms with van der Waals surface area (Å²) in [5.74, 6) is 0.725. The highest BCUT2D eigenvalue weighted by molar-refractivity contribution is 5.68. The molecule has 106 valence electrons. The molecule has 1 aliphatic rings. The number of nitrogens with two attached hydrogens (primary N) is 1. The Morgan fingerprint density at radius 3 is 2.84 bits per heavy atom. The van der Waals surface area contributed by atoms with Gasteiger partial charge >= 0.3 is 0 Å². The molecular weight excluding hydrogens is 243 g/mol. The van der Waals surface area contributed by atoms with Crippen molar-refractivity contribution in [3.63, 3.8) is 0 Å². The summed E-state index contributed by atoms with van der Waals surface area (Å²) >= 11 is 0. The minimum atomic E-state index is -0.397. The standard InChI is InChI=1S/C15H23FN2O/c1-3-6-19-15-9-14(13(17)8-12(15)16)18-10(2)7-11-4-5-11/h8-11,18H,3-7,17H2,1-2H3. The molecule has 0 bridgehead atoms. The normalized spacial score (nSPS) is 16.2. The second-order valence-electron chi connectivity index (χ2n) is 5.44. The molecule has 2 rings (SSSR count). The quantitative estimate of drug-likeness (QED) is 0.738. The van der Waals surface area contributed by atoms with E-state index < -0.39 is 5.82 Å². The van der Waals surface area contributed by atoms with Gasteiger partial charge in [0.15, 0.2) is 11.6 Å². The second-order valence-corrected chi connectivity index (χ2v) is 5.44. The Morgan fingerprint density at radius 1 is 1.47 bits per heavy atom. The molecule has 3 N–H and O–H groups in total. The van der Waals surface area contributed by atoms with Crippen LogP contribution in [-0.2, 0) is 0 Å². The van der Waals surface area contributed by atoms with Crippen LogP contribution in [0.1, 0.15) is 39.5 Å². The number of nitrogen functional groups attached to an aromatic ring is 1. The Hall–Kier alpha value is -1.45. The molecule has 1 aliphatic carbocycles. The summed E-state index contributed by atoms with van der Waals surface area (Å²) in [6, 6.07) is 3.35. The van der Waals surface area contributed by atoms with E-state index in [9.17, 15) is 4.39 Å². The van der Waals surface area contributed by atoms with Gasteiger partial charge in [-0.3, -0.25) is 0 Å². The molecule has 1 fully saturated rings. The molecule has 1 saturated carbocycles. The Morgan fingerprint density at radius 2 is 2.21 bits per heavy atom. The smallest absolute Gasteiger partial charge is 0.167 e. The molecular formula is C15H23FN2O. The average Bonchev–Trinajstić information content (AvgIpc) is 3.15. The summed E-state index contributed by atoms with van der Waals surface area (Å²) in [6.07, 6.45) is 4.65. The van der Waals surface area contributed by atoms with Gasteiger partial charge in [-0.05, 0) is 25.7 Å². The topological polar surface area (TPSA) is 47.3 Å². The maximum atomic E-state index is 13.7. The zero-order valence-corrected chi connectivity index (χ0v) is 11.7. The van der Waals surface area contributed by atoms with E-state index >= 15 is 0 Å². The molecule has 3 nitrogen and oxygen atoms in total. The Bertz CT molecular complexity index is 432. The fourth-order valence-electron chi connectivity index (χ4n) is 2.19. The third kappa shape index (κ3) is 4.01. The zero-order chi connectivity index (χ0) is 13.8. The first kappa shape index (κ1) is 14.0. The lowest BCUT2D eigenvalue weighted by Gasteiger charge is -2.18. The highest BCUT2D eigenvalue weighted by Gasteiger charge is 2.23. The second kappa shape index (κ2) is 6.13. The number of hydrogen-bond donors (Lipinski definition) is 2. The number of halogens is 1. The van der Waals surface area contributed by atoms with Crippen molar-refractivity contribution < 1.29 is 9.13 Å². The molecule has 0 aromatic heterocycles. The van der Waals surface area contributed by atoms with Crippen molar-refractivity contribution >= 4 is 11.4 Å². The number of nitrogens with one attached hydrogen (secondary N) is 1. The number of anilines is 2. The minimum absolute atomic E-state index is 0.275. The lowest BCUT2D eigenvalue weighted by molar-refractivity contribution is 0.301. The molecule has 1 aromatic carbocycles. The lowest BCUT2D eigenvalue weighted by atomic mass is 10.1. The Kier molecular flexibility index (Phi) is 4.51. The molecule has 0 spiro atoms. The molecule has 0 amide bonds. The van der Waals surface area contributed by atoms with E-state index in [4.69, 9.17) is 10.5 Å². The summed E-state index contributed by atoms with van der Waals surface area (Å²) in [5.41, 5.74) is 7.05. The molecule has 0 heterocycles. The highest BCUT2D eigenvalue weighted by Crippen LogP contribution is 2.35. The maximum absolute atomic E-state index is 13.7. The molecule has 0 aliphatic heterocycles. The molecule has 4 heteroatoms. The van der Waals surface area contributed by atoms with E-state index in [1.807, 2.05) is 6.92 Å². The Labute approximate surface area is 114 Å². The van der Waals surface area contributed by atoms with Gasteiger partial charge in [-0.15, -0.1) is 0 Å². The van der Waals surface area contributed by atoms with Gasteiger partial charge in [0.1, 0.15) is 0 Å². The van der Waals surface area contributed by atoms with Gasteiger partial charge in [-0.25, -0.2) is 4.39 Å². The van der Waals surface area contributed by atoms with Gasteiger partial charge in [0.05, 0.1) is 18.0 Å². The molecule has 19 heavy (non-hydrogen) atoms. The van der Waals surface area contributed by atoms with Crippen molar-refractivity contribution in [1.82, 2.24) is 0 Å². The zero-order valence-electron chi connectivity index (χ0n) is 11.7. The van der Waals surface area contributed by atoms with Crippen LogP contribution in [0, 0.1) is 11.7 Å². The van der Waals surface area contributed by atoms with E-state index in [0.29, 0.717) is 18.3 Å². The van der Waals surface area contributed by atoms with Crippen LogP contribution >= 0.6 is 0 Å². The lowest BCUT2D eigenvalue weighted by Crippen LogP contribution is -2.17. The monoisotopic (exact) mass is 266 g/mol. The summed E-state index contributed by atoms with van der Waals surface area (Å²) < 4.78 is 19.1. The third-order valence-electron chi connectivity index (χ3n) is 3.35. The SMILES string of the molecule is CCCOc1cc(NC(C)CC2CC2)c(N)cc1F. The van der Waals surface area contributed by atoms with Crippen LogP contribution in [0.15, 0.2) is 12.1 Å². The molecule has 0 saturated heterocycles. The minimum Gasteiger partial charge on any atom is -0.490 e. The summed E-state index contributed by atoms with van der Waals surface area (Å²) in [4.78, 5) is 0. The van der Waals surface area contributed by atoms with Gasteiger partial charge in [-0.2, -0.15) is 0 Å². The van der Waals surface area contributed by atoms with E-state index in [-0.39, 0.29) is 5.75 Å². The van der Waals surface area contributed by atoms with Crippen LogP contribution in [0.5, 0.6) is 5.75 Å². The maximum Gasteiger partial charge on any atom is 0.167 e. The summed E-state index contributed by atoms with van der Waals surface area (Å²) in [7, 11) is 0. The molecule has 1 unspecified atom stereocenters. The predicted octanol–water partition coefficient (Wildman–Crippen LogP) is 3.80. The van der Waals surface area contributed by atoms with Crippen LogP contribution in [-0.4, -0.2) is 12.6 Å². The average molecular weight is 266 g/mol. The van der Waals surface area contributed by atoms with Gasteiger partial charge in [-0.1, -0.05) is 19.8 Å². The summed E-state index contributed by atoms with van der Waals surface area (Å²) in [5, 5.41) is 3.35. The largest absolute Gasteiger partial charge is 0.490 e. The van der Waals surface area contributed by atoms with Crippen molar-refractivity contribution in [2.45, 2.75) is 45.6 Å². The number of benzene rings is 1. The van der Waals surface area contributed by atoms with Crippen molar-refractivity contribution in [2.75, 3.05) is 17.7 Å².